The van der Waals surface area contributed by atoms with E-state index >= 15 is 0 Å². The molecule has 30 heavy (non-hydrogen) atoms. The Hall–Kier alpha value is -3.62. The highest BCUT2D eigenvalue weighted by Gasteiger charge is 2.49. The van der Waals surface area contributed by atoms with Gasteiger partial charge in [0.2, 0.25) is 0 Å². The number of carbonyl (C=O) groups is 3. The molecule has 3 amide bonds. The first-order valence-electron chi connectivity index (χ1n) is 9.60. The molecule has 154 valence electrons. The second-order valence-electron chi connectivity index (χ2n) is 7.26. The van der Waals surface area contributed by atoms with Crippen LogP contribution < -0.4 is 10.2 Å². The normalized spacial score (nSPS) is 18.3. The molecule has 9 heteroatoms. The largest absolute Gasteiger partial charge is 0.502 e. The van der Waals surface area contributed by atoms with Gasteiger partial charge in [-0.2, -0.15) is 0 Å². The van der Waals surface area contributed by atoms with Gasteiger partial charge in [0, 0.05) is 30.4 Å². The molecule has 1 unspecified atom stereocenters. The van der Waals surface area contributed by atoms with Crippen LogP contribution in [0, 0.1) is 12.7 Å². The van der Waals surface area contributed by atoms with Crippen molar-refractivity contribution in [2.24, 2.45) is 5.11 Å². The van der Waals surface area contributed by atoms with E-state index in [1.807, 2.05) is 36.1 Å². The number of fused-ring (bicyclic) bond motifs is 1. The molecule has 0 saturated carbocycles. The van der Waals surface area contributed by atoms with Crippen molar-refractivity contribution in [3.63, 3.8) is 0 Å². The fourth-order valence-electron chi connectivity index (χ4n) is 3.46. The molecule has 1 atom stereocenters. The standard InChI is InChI=1S/C21H20FN5O3/c1-14-2-8-17(9-3-14)25-10-11-26-19(29)20(30)27(24-21(25)26)13-18(28)23-12-15-4-6-16(22)7-5-15/h2-9,21H,10-13H2,1H3/p+1. The molecule has 2 heterocycles. The van der Waals surface area contributed by atoms with Crippen molar-refractivity contribution in [1.29, 1.82) is 0 Å². The molecule has 2 aromatic carbocycles. The molecule has 2 aliphatic rings. The predicted octanol–water partition coefficient (Wildman–Crippen LogP) is 1.39. The van der Waals surface area contributed by atoms with Crippen LogP contribution in [-0.2, 0) is 20.9 Å². The molecule has 2 aromatic rings. The van der Waals surface area contributed by atoms with Crippen molar-refractivity contribution < 1.29 is 23.5 Å². The number of carbonyl (C=O) groups excluding carboxylic acids is 3. The first-order chi connectivity index (χ1) is 14.4. The number of azo groups is 2. The molecule has 1 N–H and O–H groups in total. The average molecular weight is 410 g/mol. The van der Waals surface area contributed by atoms with Gasteiger partial charge in [0.05, 0.1) is 0 Å². The van der Waals surface area contributed by atoms with Gasteiger partial charge in [-0.05, 0) is 41.5 Å². The quantitative estimate of drug-likeness (QED) is 0.596. The topological polar surface area (TPSA) is 85.1 Å². The van der Waals surface area contributed by atoms with Crippen molar-refractivity contribution >= 4 is 23.4 Å². The second-order valence-corrected chi connectivity index (χ2v) is 7.26. The molecule has 2 aliphatic heterocycles. The lowest BCUT2D eigenvalue weighted by Crippen LogP contribution is -2.53. The minimum atomic E-state index is -0.825. The van der Waals surface area contributed by atoms with Crippen LogP contribution in [-0.4, -0.2) is 53.2 Å². The molecular formula is C21H21FN5O3+. The summed E-state index contributed by atoms with van der Waals surface area (Å²) in [5.74, 6) is -2.32. The van der Waals surface area contributed by atoms with Crippen LogP contribution in [0.25, 0.3) is 0 Å². The Morgan fingerprint density at radius 3 is 2.47 bits per heavy atom. The summed E-state index contributed by atoms with van der Waals surface area (Å²) >= 11 is 0. The lowest BCUT2D eigenvalue weighted by Gasteiger charge is -2.27. The van der Waals surface area contributed by atoms with Gasteiger partial charge < -0.3 is 10.2 Å². The fourth-order valence-corrected chi connectivity index (χ4v) is 3.46. The smallest absolute Gasteiger partial charge is 0.346 e. The van der Waals surface area contributed by atoms with E-state index in [9.17, 15) is 18.8 Å². The van der Waals surface area contributed by atoms with Crippen LogP contribution in [0.15, 0.2) is 53.6 Å². The summed E-state index contributed by atoms with van der Waals surface area (Å²) in [5, 5.41) is 7.02. The highest BCUT2D eigenvalue weighted by atomic mass is 19.1. The maximum absolute atomic E-state index is 13.0. The number of benzene rings is 2. The Bertz CT molecular complexity index is 1020. The van der Waals surface area contributed by atoms with Gasteiger partial charge in [-0.25, -0.2) is 9.18 Å². The molecule has 1 fully saturated rings. The van der Waals surface area contributed by atoms with Gasteiger partial charge >= 0.3 is 11.8 Å². The summed E-state index contributed by atoms with van der Waals surface area (Å²) in [6.07, 6.45) is -0.664. The van der Waals surface area contributed by atoms with Crippen molar-refractivity contribution in [2.45, 2.75) is 19.8 Å². The molecule has 0 spiro atoms. The Balaban J connectivity index is 1.47. The van der Waals surface area contributed by atoms with E-state index in [1.54, 1.807) is 12.1 Å². The summed E-state index contributed by atoms with van der Waals surface area (Å²) in [4.78, 5) is 40.6. The van der Waals surface area contributed by atoms with E-state index in [2.05, 4.69) is 10.4 Å². The number of anilines is 1. The maximum Gasteiger partial charge on any atom is 0.502 e. The number of hydrogen-bond donors (Lipinski definition) is 1. The zero-order chi connectivity index (χ0) is 21.3. The lowest BCUT2D eigenvalue weighted by atomic mass is 10.2. The van der Waals surface area contributed by atoms with Crippen LogP contribution in [0.1, 0.15) is 11.1 Å². The van der Waals surface area contributed by atoms with E-state index in [0.717, 1.165) is 21.5 Å². The van der Waals surface area contributed by atoms with Gasteiger partial charge in [0.25, 0.3) is 18.7 Å². The Labute approximate surface area is 172 Å². The summed E-state index contributed by atoms with van der Waals surface area (Å²) in [7, 11) is 0. The van der Waals surface area contributed by atoms with Gasteiger partial charge in [-0.1, -0.05) is 29.8 Å². The summed E-state index contributed by atoms with van der Waals surface area (Å²) in [5.41, 5.74) is 2.72. The lowest BCUT2D eigenvalue weighted by molar-refractivity contribution is -0.509. The highest BCUT2D eigenvalue weighted by Crippen LogP contribution is 2.27. The molecule has 0 radical (unpaired) electrons. The Morgan fingerprint density at radius 1 is 1.10 bits per heavy atom. The van der Waals surface area contributed by atoms with Gasteiger partial charge in [-0.3, -0.25) is 14.5 Å². The Kier molecular flexibility index (Phi) is 5.26. The van der Waals surface area contributed by atoms with Crippen molar-refractivity contribution in [1.82, 2.24) is 10.2 Å². The SMILES string of the molecule is Cc1ccc(N2CCN3C(=O)C(=O)[N+](CC(=O)NCc4ccc(F)cc4)=NC32)cc1. The van der Waals surface area contributed by atoms with Crippen molar-refractivity contribution in [3.05, 3.63) is 65.5 Å². The monoisotopic (exact) mass is 410 g/mol. The molecule has 0 aliphatic carbocycles. The Morgan fingerprint density at radius 2 is 1.77 bits per heavy atom. The minimum absolute atomic E-state index is 0.181. The van der Waals surface area contributed by atoms with E-state index < -0.39 is 24.0 Å². The summed E-state index contributed by atoms with van der Waals surface area (Å²) < 4.78 is 13.9. The summed E-state index contributed by atoms with van der Waals surface area (Å²) in [6.45, 7) is 2.73. The summed E-state index contributed by atoms with van der Waals surface area (Å²) in [6, 6.07) is 13.5. The van der Waals surface area contributed by atoms with Crippen LogP contribution >= 0.6 is 0 Å². The molecular weight excluding hydrogens is 389 g/mol. The van der Waals surface area contributed by atoms with E-state index in [4.69, 9.17) is 0 Å². The molecule has 4 rings (SSSR count). The van der Waals surface area contributed by atoms with Crippen LogP contribution in [0.4, 0.5) is 10.1 Å². The van der Waals surface area contributed by atoms with Crippen molar-refractivity contribution in [2.75, 3.05) is 24.5 Å². The zero-order valence-electron chi connectivity index (χ0n) is 16.4. The number of aryl methyl sites for hydroxylation is 1. The first-order valence-corrected chi connectivity index (χ1v) is 9.60. The third kappa shape index (κ3) is 3.91. The number of amides is 3. The van der Waals surface area contributed by atoms with E-state index in [0.29, 0.717) is 13.1 Å². The van der Waals surface area contributed by atoms with Gasteiger partial charge in [-0.15, -0.1) is 0 Å². The first kappa shape index (κ1) is 19.7. The van der Waals surface area contributed by atoms with E-state index in [-0.39, 0.29) is 18.9 Å². The molecule has 8 nitrogen and oxygen atoms in total. The average Bonchev–Trinajstić information content (AvgIpc) is 3.16. The highest BCUT2D eigenvalue weighted by molar-refractivity contribution is 6.31. The number of nitrogens with one attached hydrogen (secondary N) is 1. The third-order valence-electron chi connectivity index (χ3n) is 5.12. The van der Waals surface area contributed by atoms with E-state index in [1.165, 1.54) is 17.0 Å². The van der Waals surface area contributed by atoms with Gasteiger partial charge in [0.1, 0.15) is 5.82 Å². The number of hydrogen-bond acceptors (Lipinski definition) is 5. The van der Waals surface area contributed by atoms with Crippen LogP contribution in [0.2, 0.25) is 0 Å². The molecule has 1 saturated heterocycles. The maximum atomic E-state index is 13.0. The molecule has 0 aromatic heterocycles. The third-order valence-corrected chi connectivity index (χ3v) is 5.12. The molecule has 0 bridgehead atoms. The van der Waals surface area contributed by atoms with Gasteiger partial charge in [0.15, 0.2) is 0 Å². The van der Waals surface area contributed by atoms with Crippen molar-refractivity contribution in [3.8, 4) is 0 Å². The second kappa shape index (κ2) is 8.02. The number of halogens is 1. The number of rotatable bonds is 5. The van der Waals surface area contributed by atoms with Crippen LogP contribution in [0.5, 0.6) is 0 Å². The number of nitrogens with zero attached hydrogens (tertiary/aromatic N) is 4. The fraction of sp³-hybridized carbons (Fsp3) is 0.286. The predicted molar refractivity (Wildman–Crippen MR) is 105 cm³/mol. The zero-order valence-corrected chi connectivity index (χ0v) is 16.4. The van der Waals surface area contributed by atoms with Crippen LogP contribution in [0.3, 0.4) is 0 Å². The minimum Gasteiger partial charge on any atom is -0.346 e.